The molecule has 1 saturated carbocycles. The summed E-state index contributed by atoms with van der Waals surface area (Å²) in [5.74, 6) is -1.75. The molecule has 1 aromatic heterocycles. The van der Waals surface area contributed by atoms with Crippen molar-refractivity contribution in [3.63, 3.8) is 0 Å². The Balaban J connectivity index is 1.53. The van der Waals surface area contributed by atoms with Crippen molar-refractivity contribution >= 4 is 33.6 Å². The van der Waals surface area contributed by atoms with Crippen LogP contribution < -0.4 is 10.6 Å². The number of carbonyl (C=O) groups is 3. The van der Waals surface area contributed by atoms with Gasteiger partial charge in [-0.1, -0.05) is 12.1 Å². The molecule has 10 nitrogen and oxygen atoms in total. The van der Waals surface area contributed by atoms with Gasteiger partial charge in [0.2, 0.25) is 5.91 Å². The minimum absolute atomic E-state index is 0.00779. The quantitative estimate of drug-likeness (QED) is 0.466. The van der Waals surface area contributed by atoms with Crippen LogP contribution in [0.1, 0.15) is 54.4 Å². The van der Waals surface area contributed by atoms with E-state index in [0.29, 0.717) is 44.5 Å². The first kappa shape index (κ1) is 25.6. The molecule has 2 aliphatic rings. The van der Waals surface area contributed by atoms with Gasteiger partial charge >= 0.3 is 12.0 Å². The summed E-state index contributed by atoms with van der Waals surface area (Å²) < 4.78 is 25.2. The smallest absolute Gasteiger partial charge is 0.337 e. The maximum Gasteiger partial charge on any atom is 0.337 e. The van der Waals surface area contributed by atoms with Gasteiger partial charge in [0.15, 0.2) is 9.84 Å². The number of rotatable bonds is 9. The normalized spacial score (nSPS) is 18.5. The Bertz CT molecular complexity index is 1230. The summed E-state index contributed by atoms with van der Waals surface area (Å²) in [6.07, 6.45) is 3.73. The summed E-state index contributed by atoms with van der Waals surface area (Å²) in [4.78, 5) is 42.7. The summed E-state index contributed by atoms with van der Waals surface area (Å²) in [5.41, 5.74) is 0.675. The minimum atomic E-state index is -3.34. The molecular weight excluding hydrogens is 484 g/mol. The third kappa shape index (κ3) is 5.84. The van der Waals surface area contributed by atoms with Crippen molar-refractivity contribution in [1.29, 1.82) is 0 Å². The zero-order chi connectivity index (χ0) is 25.9. The molecular formula is C25H30N4O6S. The summed E-state index contributed by atoms with van der Waals surface area (Å²) in [6, 6.07) is 9.12. The van der Waals surface area contributed by atoms with Gasteiger partial charge in [-0.05, 0) is 68.4 Å². The van der Waals surface area contributed by atoms with E-state index in [2.05, 4.69) is 15.6 Å². The lowest BCUT2D eigenvalue weighted by Gasteiger charge is -2.22. The van der Waals surface area contributed by atoms with E-state index < -0.39 is 21.7 Å². The van der Waals surface area contributed by atoms with Crippen LogP contribution >= 0.6 is 0 Å². The van der Waals surface area contributed by atoms with E-state index in [-0.39, 0.29) is 39.4 Å². The number of urea groups is 1. The van der Waals surface area contributed by atoms with Crippen molar-refractivity contribution in [3.8, 4) is 0 Å². The van der Waals surface area contributed by atoms with Crippen molar-refractivity contribution in [2.24, 2.45) is 5.92 Å². The maximum atomic E-state index is 13.4. The van der Waals surface area contributed by atoms with Crippen LogP contribution in [0.5, 0.6) is 0 Å². The first-order valence-electron chi connectivity index (χ1n) is 12.1. The third-order valence-corrected chi connectivity index (χ3v) is 8.90. The fourth-order valence-corrected chi connectivity index (χ4v) is 6.13. The molecule has 4 rings (SSSR count). The average Bonchev–Trinajstić information content (AvgIpc) is 3.62. The number of carbonyl (C=O) groups excluding carboxylic acids is 2. The van der Waals surface area contributed by atoms with Gasteiger partial charge in [-0.25, -0.2) is 23.0 Å². The number of amides is 3. The molecule has 2 heterocycles. The molecule has 1 aliphatic heterocycles. The second-order valence-corrected chi connectivity index (χ2v) is 11.5. The van der Waals surface area contributed by atoms with Crippen LogP contribution in [-0.4, -0.2) is 66.2 Å². The molecule has 2 aromatic rings. The van der Waals surface area contributed by atoms with E-state index >= 15 is 0 Å². The Morgan fingerprint density at radius 3 is 2.42 bits per heavy atom. The lowest BCUT2D eigenvalue weighted by molar-refractivity contribution is -0.118. The van der Waals surface area contributed by atoms with E-state index in [1.54, 1.807) is 29.2 Å². The van der Waals surface area contributed by atoms with Crippen molar-refractivity contribution in [2.45, 2.75) is 48.7 Å². The van der Waals surface area contributed by atoms with Crippen LogP contribution in [0.3, 0.4) is 0 Å². The summed E-state index contributed by atoms with van der Waals surface area (Å²) in [7, 11) is -3.34. The van der Waals surface area contributed by atoms with Crippen LogP contribution in [0.2, 0.25) is 0 Å². The van der Waals surface area contributed by atoms with E-state index in [0.717, 1.165) is 6.42 Å². The number of carboxylic acid groups (broad SMARTS) is 1. The van der Waals surface area contributed by atoms with Crippen LogP contribution in [0, 0.1) is 5.92 Å². The first-order valence-corrected chi connectivity index (χ1v) is 13.6. The number of pyridine rings is 1. The molecule has 11 heteroatoms. The Morgan fingerprint density at radius 1 is 1.11 bits per heavy atom. The Hall–Kier alpha value is -3.47. The zero-order valence-corrected chi connectivity index (χ0v) is 20.8. The van der Waals surface area contributed by atoms with Gasteiger partial charge in [-0.3, -0.25) is 4.79 Å². The largest absolute Gasteiger partial charge is 0.478 e. The van der Waals surface area contributed by atoms with Crippen molar-refractivity contribution in [1.82, 2.24) is 15.2 Å². The molecule has 3 amide bonds. The lowest BCUT2D eigenvalue weighted by atomic mass is 9.87. The summed E-state index contributed by atoms with van der Waals surface area (Å²) in [5, 5.41) is 14.3. The number of aromatic carboxylic acids is 1. The van der Waals surface area contributed by atoms with Gasteiger partial charge in [0.1, 0.15) is 5.82 Å². The number of sulfone groups is 1. The highest BCUT2D eigenvalue weighted by Gasteiger charge is 2.37. The van der Waals surface area contributed by atoms with E-state index in [1.165, 1.54) is 18.3 Å². The number of nitrogens with zero attached hydrogens (tertiary/aromatic N) is 2. The molecule has 3 N–H and O–H groups in total. The van der Waals surface area contributed by atoms with Crippen molar-refractivity contribution in [3.05, 3.63) is 53.7 Å². The second kappa shape index (κ2) is 10.7. The second-order valence-electron chi connectivity index (χ2n) is 9.26. The number of anilines is 1. The van der Waals surface area contributed by atoms with Gasteiger partial charge in [-0.2, -0.15) is 0 Å². The molecule has 36 heavy (non-hydrogen) atoms. The maximum absolute atomic E-state index is 13.4. The summed E-state index contributed by atoms with van der Waals surface area (Å²) >= 11 is 0. The van der Waals surface area contributed by atoms with Gasteiger partial charge in [0, 0.05) is 25.8 Å². The van der Waals surface area contributed by atoms with Gasteiger partial charge in [0.05, 0.1) is 21.6 Å². The molecule has 0 radical (unpaired) electrons. The number of hydrogen-bond acceptors (Lipinski definition) is 6. The SMILES string of the molecule is CCNC(=O)N1CCC(CC(C(=O)Nc2ccc(C(=O)O)cn2)c2ccc(S(=O)(=O)C3CC3)cc2)C1. The highest BCUT2D eigenvalue weighted by Crippen LogP contribution is 2.35. The van der Waals surface area contributed by atoms with E-state index in [9.17, 15) is 22.8 Å². The summed E-state index contributed by atoms with van der Waals surface area (Å²) in [6.45, 7) is 3.52. The number of aromatic nitrogens is 1. The molecule has 192 valence electrons. The van der Waals surface area contributed by atoms with Gasteiger partial charge in [0.25, 0.3) is 0 Å². The minimum Gasteiger partial charge on any atom is -0.478 e. The molecule has 0 spiro atoms. The predicted octanol–water partition coefficient (Wildman–Crippen LogP) is 2.88. The van der Waals surface area contributed by atoms with Crippen LogP contribution in [0.15, 0.2) is 47.5 Å². The average molecular weight is 515 g/mol. The zero-order valence-electron chi connectivity index (χ0n) is 20.0. The van der Waals surface area contributed by atoms with Crippen molar-refractivity contribution < 1.29 is 27.9 Å². The highest BCUT2D eigenvalue weighted by atomic mass is 32.2. The molecule has 0 bridgehead atoms. The Morgan fingerprint density at radius 2 is 1.83 bits per heavy atom. The van der Waals surface area contributed by atoms with Crippen LogP contribution in [-0.2, 0) is 14.6 Å². The number of likely N-dealkylation sites (tertiary alicyclic amines) is 1. The Labute approximate surface area is 210 Å². The highest BCUT2D eigenvalue weighted by molar-refractivity contribution is 7.92. The third-order valence-electron chi connectivity index (χ3n) is 6.62. The topological polar surface area (TPSA) is 146 Å². The van der Waals surface area contributed by atoms with E-state index in [1.807, 2.05) is 6.92 Å². The van der Waals surface area contributed by atoms with Crippen LogP contribution in [0.4, 0.5) is 10.6 Å². The van der Waals surface area contributed by atoms with Crippen molar-refractivity contribution in [2.75, 3.05) is 25.0 Å². The first-order chi connectivity index (χ1) is 17.2. The molecule has 1 saturated heterocycles. The molecule has 2 fully saturated rings. The van der Waals surface area contributed by atoms with Crippen LogP contribution in [0.25, 0.3) is 0 Å². The van der Waals surface area contributed by atoms with Gasteiger partial charge in [-0.15, -0.1) is 0 Å². The molecule has 1 aliphatic carbocycles. The number of carboxylic acids is 1. The lowest BCUT2D eigenvalue weighted by Crippen LogP contribution is -2.38. The molecule has 2 atom stereocenters. The standard InChI is InChI=1S/C25H30N4O6S/c1-2-26-25(33)29-12-11-16(15-29)13-21(23(30)28-22-10-5-18(14-27-22)24(31)32)17-3-6-19(7-4-17)36(34,35)20-8-9-20/h3-7,10,14,16,20-21H,2,8-9,11-13,15H2,1H3,(H,26,33)(H,31,32)(H,27,28,30). The number of hydrogen-bond donors (Lipinski definition) is 3. The molecule has 2 unspecified atom stereocenters. The fraction of sp³-hybridized carbons (Fsp3) is 0.440. The van der Waals surface area contributed by atoms with Gasteiger partial charge < -0.3 is 20.6 Å². The molecule has 1 aromatic carbocycles. The number of benzene rings is 1. The predicted molar refractivity (Wildman–Crippen MR) is 133 cm³/mol. The monoisotopic (exact) mass is 514 g/mol. The Kier molecular flexibility index (Phi) is 7.58. The van der Waals surface area contributed by atoms with E-state index in [4.69, 9.17) is 5.11 Å². The number of nitrogens with one attached hydrogen (secondary N) is 2. The fourth-order valence-electron chi connectivity index (χ4n) is 4.47.